The number of rotatable bonds is 7. The molecule has 1 atom stereocenters. The summed E-state index contributed by atoms with van der Waals surface area (Å²) in [6, 6.07) is 14.1. The van der Waals surface area contributed by atoms with Crippen LogP contribution in [0.15, 0.2) is 48.7 Å². The maximum absolute atomic E-state index is 12.2. The first-order valence-corrected chi connectivity index (χ1v) is 9.60. The molecule has 0 bridgehead atoms. The molecule has 144 valence electrons. The van der Waals surface area contributed by atoms with E-state index in [0.717, 1.165) is 24.3 Å². The number of aromatic nitrogens is 1. The SMILES string of the molecule is Cn1cccc1[C@H](CNC(=O)C(=O)NCCc1ccccc1)N1CCCC1. The van der Waals surface area contributed by atoms with Crippen molar-refractivity contribution in [3.8, 4) is 0 Å². The minimum absolute atomic E-state index is 0.0913. The minimum atomic E-state index is -0.571. The number of hydrogen-bond acceptors (Lipinski definition) is 3. The predicted octanol–water partition coefficient (Wildman–Crippen LogP) is 1.64. The van der Waals surface area contributed by atoms with Crippen molar-refractivity contribution < 1.29 is 9.59 Å². The van der Waals surface area contributed by atoms with Crippen LogP contribution in [0.5, 0.6) is 0 Å². The van der Waals surface area contributed by atoms with Gasteiger partial charge < -0.3 is 15.2 Å². The third-order valence-electron chi connectivity index (χ3n) is 5.11. The summed E-state index contributed by atoms with van der Waals surface area (Å²) in [5.74, 6) is -1.14. The highest BCUT2D eigenvalue weighted by Crippen LogP contribution is 2.24. The largest absolute Gasteiger partial charge is 0.353 e. The molecule has 1 saturated heterocycles. The molecule has 1 aromatic carbocycles. The summed E-state index contributed by atoms with van der Waals surface area (Å²) in [6.07, 6.45) is 5.07. The quantitative estimate of drug-likeness (QED) is 0.730. The summed E-state index contributed by atoms with van der Waals surface area (Å²) in [5.41, 5.74) is 2.29. The van der Waals surface area contributed by atoms with Crippen LogP contribution in [-0.2, 0) is 23.1 Å². The van der Waals surface area contributed by atoms with E-state index >= 15 is 0 Å². The molecule has 2 N–H and O–H groups in total. The molecule has 0 spiro atoms. The predicted molar refractivity (Wildman–Crippen MR) is 105 cm³/mol. The van der Waals surface area contributed by atoms with Gasteiger partial charge in [0.05, 0.1) is 6.04 Å². The number of aryl methyl sites for hydroxylation is 1. The van der Waals surface area contributed by atoms with E-state index in [9.17, 15) is 9.59 Å². The van der Waals surface area contributed by atoms with Crippen molar-refractivity contribution in [2.45, 2.75) is 25.3 Å². The lowest BCUT2D eigenvalue weighted by molar-refractivity contribution is -0.139. The van der Waals surface area contributed by atoms with Gasteiger partial charge in [0, 0.05) is 32.0 Å². The minimum Gasteiger partial charge on any atom is -0.353 e. The Balaban J connectivity index is 1.49. The molecule has 0 radical (unpaired) electrons. The Morgan fingerprint density at radius 1 is 1.00 bits per heavy atom. The van der Waals surface area contributed by atoms with Gasteiger partial charge in [-0.2, -0.15) is 0 Å². The molecule has 2 aromatic rings. The van der Waals surface area contributed by atoms with Crippen LogP contribution in [0.2, 0.25) is 0 Å². The maximum atomic E-state index is 12.2. The van der Waals surface area contributed by atoms with E-state index in [1.54, 1.807) is 0 Å². The normalized spacial score (nSPS) is 15.4. The highest BCUT2D eigenvalue weighted by Gasteiger charge is 2.26. The third kappa shape index (κ3) is 5.20. The second-order valence-corrected chi connectivity index (χ2v) is 7.00. The zero-order valence-electron chi connectivity index (χ0n) is 15.9. The van der Waals surface area contributed by atoms with Crippen molar-refractivity contribution in [3.63, 3.8) is 0 Å². The van der Waals surface area contributed by atoms with Crippen molar-refractivity contribution in [2.75, 3.05) is 26.2 Å². The Kier molecular flexibility index (Phi) is 6.65. The van der Waals surface area contributed by atoms with Gasteiger partial charge in [0.1, 0.15) is 0 Å². The first kappa shape index (κ1) is 19.2. The van der Waals surface area contributed by atoms with Crippen molar-refractivity contribution in [1.29, 1.82) is 0 Å². The Labute approximate surface area is 160 Å². The number of carbonyl (C=O) groups excluding carboxylic acids is 2. The standard InChI is InChI=1S/C21H28N4O2/c1-24-13-7-10-18(24)19(25-14-5-6-15-25)16-23-21(27)20(26)22-12-11-17-8-3-2-4-9-17/h2-4,7-10,13,19H,5-6,11-12,14-16H2,1H3,(H,22,26)(H,23,27)/t19-/m0/s1. The van der Waals surface area contributed by atoms with Crippen LogP contribution in [0.3, 0.4) is 0 Å². The second-order valence-electron chi connectivity index (χ2n) is 7.00. The molecular formula is C21H28N4O2. The molecule has 2 heterocycles. The Bertz CT molecular complexity index is 751. The number of nitrogens with one attached hydrogen (secondary N) is 2. The second kappa shape index (κ2) is 9.37. The topological polar surface area (TPSA) is 66.4 Å². The fourth-order valence-electron chi connectivity index (χ4n) is 3.61. The first-order valence-electron chi connectivity index (χ1n) is 9.60. The number of nitrogens with zero attached hydrogens (tertiary/aromatic N) is 2. The van der Waals surface area contributed by atoms with Gasteiger partial charge >= 0.3 is 11.8 Å². The Morgan fingerprint density at radius 2 is 1.70 bits per heavy atom. The van der Waals surface area contributed by atoms with Crippen LogP contribution in [0, 0.1) is 0 Å². The molecule has 1 aliphatic rings. The van der Waals surface area contributed by atoms with Crippen LogP contribution >= 0.6 is 0 Å². The summed E-state index contributed by atoms with van der Waals surface area (Å²) >= 11 is 0. The van der Waals surface area contributed by atoms with Crippen LogP contribution in [0.4, 0.5) is 0 Å². The van der Waals surface area contributed by atoms with Gasteiger partial charge in [-0.3, -0.25) is 14.5 Å². The lowest BCUT2D eigenvalue weighted by atomic mass is 10.1. The number of amides is 2. The number of benzene rings is 1. The molecular weight excluding hydrogens is 340 g/mol. The summed E-state index contributed by atoms with van der Waals surface area (Å²) < 4.78 is 2.08. The van der Waals surface area contributed by atoms with Crippen LogP contribution in [0.25, 0.3) is 0 Å². The van der Waals surface area contributed by atoms with Gasteiger partial charge in [-0.25, -0.2) is 0 Å². The smallest absolute Gasteiger partial charge is 0.309 e. The summed E-state index contributed by atoms with van der Waals surface area (Å²) in [6.45, 7) is 2.93. The number of hydrogen-bond donors (Lipinski definition) is 2. The van der Waals surface area contributed by atoms with Crippen LogP contribution in [0.1, 0.15) is 30.1 Å². The van der Waals surface area contributed by atoms with Gasteiger partial charge in [-0.05, 0) is 50.0 Å². The molecule has 6 nitrogen and oxygen atoms in total. The van der Waals surface area contributed by atoms with Crippen molar-refractivity contribution in [2.24, 2.45) is 7.05 Å². The van der Waals surface area contributed by atoms with E-state index < -0.39 is 11.8 Å². The van der Waals surface area contributed by atoms with E-state index in [2.05, 4.69) is 26.2 Å². The lowest BCUT2D eigenvalue weighted by Gasteiger charge is -2.28. The average Bonchev–Trinajstić information content (AvgIpc) is 3.35. The zero-order valence-corrected chi connectivity index (χ0v) is 15.9. The van der Waals surface area contributed by atoms with Crippen molar-refractivity contribution in [1.82, 2.24) is 20.1 Å². The van der Waals surface area contributed by atoms with Gasteiger partial charge in [-0.1, -0.05) is 30.3 Å². The molecule has 1 fully saturated rings. The molecule has 3 rings (SSSR count). The zero-order chi connectivity index (χ0) is 19.1. The molecule has 0 aliphatic carbocycles. The van der Waals surface area contributed by atoms with E-state index in [1.165, 1.54) is 12.8 Å². The first-order chi connectivity index (χ1) is 13.1. The maximum Gasteiger partial charge on any atom is 0.309 e. The van der Waals surface area contributed by atoms with Crippen molar-refractivity contribution >= 4 is 11.8 Å². The molecule has 27 heavy (non-hydrogen) atoms. The van der Waals surface area contributed by atoms with Gasteiger partial charge in [-0.15, -0.1) is 0 Å². The molecule has 1 aliphatic heterocycles. The third-order valence-corrected chi connectivity index (χ3v) is 5.11. The fourth-order valence-corrected chi connectivity index (χ4v) is 3.61. The Hall–Kier alpha value is -2.60. The summed E-state index contributed by atoms with van der Waals surface area (Å²) in [7, 11) is 2.01. The highest BCUT2D eigenvalue weighted by atomic mass is 16.2. The van der Waals surface area contributed by atoms with E-state index in [-0.39, 0.29) is 6.04 Å². The molecule has 1 aromatic heterocycles. The fraction of sp³-hybridized carbons (Fsp3) is 0.429. The van der Waals surface area contributed by atoms with E-state index in [0.29, 0.717) is 19.5 Å². The van der Waals surface area contributed by atoms with Gasteiger partial charge in [0.25, 0.3) is 0 Å². The number of carbonyl (C=O) groups is 2. The number of likely N-dealkylation sites (tertiary alicyclic amines) is 1. The molecule has 2 amide bonds. The van der Waals surface area contributed by atoms with Gasteiger partial charge in [0.15, 0.2) is 0 Å². The summed E-state index contributed by atoms with van der Waals surface area (Å²) in [5, 5.41) is 5.52. The average molecular weight is 368 g/mol. The van der Waals surface area contributed by atoms with E-state index in [4.69, 9.17) is 0 Å². The Morgan fingerprint density at radius 3 is 2.37 bits per heavy atom. The van der Waals surface area contributed by atoms with Gasteiger partial charge in [0.2, 0.25) is 0 Å². The lowest BCUT2D eigenvalue weighted by Crippen LogP contribution is -2.44. The highest BCUT2D eigenvalue weighted by molar-refractivity contribution is 6.35. The van der Waals surface area contributed by atoms with Crippen molar-refractivity contribution in [3.05, 3.63) is 59.9 Å². The van der Waals surface area contributed by atoms with E-state index in [1.807, 2.05) is 49.6 Å². The van der Waals surface area contributed by atoms with Crippen LogP contribution in [-0.4, -0.2) is 47.5 Å². The molecule has 0 unspecified atom stereocenters. The summed E-state index contributed by atoms with van der Waals surface area (Å²) in [4.78, 5) is 26.7. The molecule has 6 heteroatoms. The molecule has 0 saturated carbocycles. The van der Waals surface area contributed by atoms with Crippen LogP contribution < -0.4 is 10.6 Å². The monoisotopic (exact) mass is 368 g/mol.